The Morgan fingerprint density at radius 3 is 2.63 bits per heavy atom. The molecular weight excluding hydrogens is 240 g/mol. The fourth-order valence-electron chi connectivity index (χ4n) is 2.02. The van der Waals surface area contributed by atoms with Gasteiger partial charge in [-0.05, 0) is 36.8 Å². The van der Waals surface area contributed by atoms with Gasteiger partial charge in [0, 0.05) is 6.61 Å². The number of unbranched alkanes of at least 4 members (excludes halogenated alkanes) is 1. The molecule has 1 aromatic carbocycles. The Bertz CT molecular complexity index is 363. The summed E-state index contributed by atoms with van der Waals surface area (Å²) in [5, 5.41) is 19.2. The van der Waals surface area contributed by atoms with E-state index in [1.54, 1.807) is 6.08 Å². The zero-order valence-electron chi connectivity index (χ0n) is 11.4. The molecule has 0 saturated carbocycles. The van der Waals surface area contributed by atoms with Gasteiger partial charge in [0.2, 0.25) is 0 Å². The van der Waals surface area contributed by atoms with Crippen LogP contribution >= 0.6 is 0 Å². The van der Waals surface area contributed by atoms with Crippen molar-refractivity contribution in [3.8, 4) is 0 Å². The van der Waals surface area contributed by atoms with E-state index >= 15 is 0 Å². The van der Waals surface area contributed by atoms with E-state index in [0.717, 1.165) is 30.4 Å². The monoisotopic (exact) mass is 264 g/mol. The van der Waals surface area contributed by atoms with E-state index in [4.69, 9.17) is 4.74 Å². The second-order valence-electron chi connectivity index (χ2n) is 4.64. The predicted molar refractivity (Wildman–Crippen MR) is 76.9 cm³/mol. The van der Waals surface area contributed by atoms with Gasteiger partial charge in [0.05, 0.1) is 19.3 Å². The summed E-state index contributed by atoms with van der Waals surface area (Å²) in [6.07, 6.45) is 4.64. The molecule has 0 aromatic heterocycles. The van der Waals surface area contributed by atoms with Crippen LogP contribution in [0.3, 0.4) is 0 Å². The van der Waals surface area contributed by atoms with Gasteiger partial charge in [-0.1, -0.05) is 30.3 Å². The second kappa shape index (κ2) is 9.73. The van der Waals surface area contributed by atoms with Crippen LogP contribution in [-0.4, -0.2) is 29.5 Å². The van der Waals surface area contributed by atoms with E-state index in [1.165, 1.54) is 0 Å². The minimum absolute atomic E-state index is 0.0261. The van der Waals surface area contributed by atoms with Gasteiger partial charge in [0.25, 0.3) is 0 Å². The molecule has 0 amide bonds. The number of ether oxygens (including phenoxy) is 1. The lowest BCUT2D eigenvalue weighted by Gasteiger charge is -2.13. The Kier molecular flexibility index (Phi) is 8.14. The molecule has 0 fully saturated rings. The number of aliphatic hydroxyl groups is 2. The van der Waals surface area contributed by atoms with Crippen molar-refractivity contribution in [2.75, 3.05) is 13.2 Å². The summed E-state index contributed by atoms with van der Waals surface area (Å²) < 4.78 is 5.29. The fourth-order valence-corrected chi connectivity index (χ4v) is 2.02. The summed E-state index contributed by atoms with van der Waals surface area (Å²) in [4.78, 5) is 0. The van der Waals surface area contributed by atoms with Crippen LogP contribution in [0.2, 0.25) is 0 Å². The maximum atomic E-state index is 9.99. The van der Waals surface area contributed by atoms with E-state index in [0.29, 0.717) is 19.6 Å². The van der Waals surface area contributed by atoms with Gasteiger partial charge < -0.3 is 14.9 Å². The molecule has 1 rings (SSSR count). The van der Waals surface area contributed by atoms with E-state index in [1.807, 2.05) is 24.3 Å². The molecule has 1 atom stereocenters. The number of hydrogen-bond donors (Lipinski definition) is 2. The Morgan fingerprint density at radius 1 is 1.21 bits per heavy atom. The number of benzene rings is 1. The van der Waals surface area contributed by atoms with Crippen LogP contribution in [-0.2, 0) is 17.8 Å². The summed E-state index contributed by atoms with van der Waals surface area (Å²) in [5.41, 5.74) is 1.93. The molecule has 0 saturated heterocycles. The zero-order chi connectivity index (χ0) is 13.9. The van der Waals surface area contributed by atoms with E-state index in [2.05, 4.69) is 6.58 Å². The Morgan fingerprint density at radius 2 is 1.95 bits per heavy atom. The number of aliphatic hydroxyl groups excluding tert-OH is 2. The Labute approximate surface area is 115 Å². The normalized spacial score (nSPS) is 12.3. The third kappa shape index (κ3) is 6.53. The van der Waals surface area contributed by atoms with Crippen molar-refractivity contribution < 1.29 is 14.9 Å². The van der Waals surface area contributed by atoms with Crippen molar-refractivity contribution in [1.82, 2.24) is 0 Å². The molecule has 0 bridgehead atoms. The van der Waals surface area contributed by atoms with Crippen LogP contribution < -0.4 is 0 Å². The van der Waals surface area contributed by atoms with E-state index in [-0.39, 0.29) is 12.7 Å². The summed E-state index contributed by atoms with van der Waals surface area (Å²) in [7, 11) is 0. The molecular formula is C16H24O3. The average molecular weight is 264 g/mol. The maximum Gasteiger partial charge on any atom is 0.0684 e. The van der Waals surface area contributed by atoms with Crippen LogP contribution in [0.5, 0.6) is 0 Å². The molecule has 0 aliphatic heterocycles. The van der Waals surface area contributed by atoms with Crippen LogP contribution in [0.4, 0.5) is 0 Å². The van der Waals surface area contributed by atoms with E-state index < -0.39 is 0 Å². The van der Waals surface area contributed by atoms with Crippen LogP contribution in [0.1, 0.15) is 30.4 Å². The number of hydrogen-bond acceptors (Lipinski definition) is 3. The highest BCUT2D eigenvalue weighted by Crippen LogP contribution is 2.14. The largest absolute Gasteiger partial charge is 0.393 e. The minimum atomic E-state index is -0.355. The van der Waals surface area contributed by atoms with Crippen LogP contribution in [0.25, 0.3) is 0 Å². The highest BCUT2D eigenvalue weighted by Gasteiger charge is 2.08. The lowest BCUT2D eigenvalue weighted by molar-refractivity contribution is 0.137. The molecule has 106 valence electrons. The van der Waals surface area contributed by atoms with Gasteiger partial charge in [0.15, 0.2) is 0 Å². The second-order valence-corrected chi connectivity index (χ2v) is 4.64. The molecule has 0 heterocycles. The Balaban J connectivity index is 2.23. The van der Waals surface area contributed by atoms with Crippen LogP contribution in [0, 0.1) is 0 Å². The first-order valence-electron chi connectivity index (χ1n) is 6.82. The summed E-state index contributed by atoms with van der Waals surface area (Å²) in [6.45, 7) is 4.91. The summed E-state index contributed by atoms with van der Waals surface area (Å²) >= 11 is 0. The van der Waals surface area contributed by atoms with E-state index in [9.17, 15) is 10.2 Å². The van der Waals surface area contributed by atoms with Gasteiger partial charge in [-0.15, -0.1) is 6.58 Å². The predicted octanol–water partition coefficient (Wildman–Crippen LogP) is 2.46. The van der Waals surface area contributed by atoms with Crippen LogP contribution in [0.15, 0.2) is 36.9 Å². The van der Waals surface area contributed by atoms with Crippen molar-refractivity contribution in [2.45, 2.75) is 38.4 Å². The third-order valence-corrected chi connectivity index (χ3v) is 3.06. The average Bonchev–Trinajstić information content (AvgIpc) is 2.43. The van der Waals surface area contributed by atoms with Crippen molar-refractivity contribution in [3.05, 3.63) is 48.0 Å². The lowest BCUT2D eigenvalue weighted by atomic mass is 9.99. The minimum Gasteiger partial charge on any atom is -0.393 e. The Hall–Kier alpha value is -1.16. The molecule has 1 aromatic rings. The first-order valence-corrected chi connectivity index (χ1v) is 6.82. The third-order valence-electron chi connectivity index (χ3n) is 3.06. The molecule has 3 heteroatoms. The standard InChI is InChI=1S/C16H24O3/c1-2-10-19-11-6-5-9-16(18)12-14-7-3-4-8-15(14)13-17/h2-4,7-8,16-18H,1,5-6,9-13H2. The first kappa shape index (κ1) is 15.9. The van der Waals surface area contributed by atoms with Gasteiger partial charge in [-0.25, -0.2) is 0 Å². The molecule has 19 heavy (non-hydrogen) atoms. The van der Waals surface area contributed by atoms with Crippen molar-refractivity contribution >= 4 is 0 Å². The van der Waals surface area contributed by atoms with Gasteiger partial charge in [-0.2, -0.15) is 0 Å². The molecule has 3 nitrogen and oxygen atoms in total. The summed E-state index contributed by atoms with van der Waals surface area (Å²) in [5.74, 6) is 0. The zero-order valence-corrected chi connectivity index (χ0v) is 11.4. The van der Waals surface area contributed by atoms with Gasteiger partial charge >= 0.3 is 0 Å². The molecule has 0 aliphatic rings. The maximum absolute atomic E-state index is 9.99. The highest BCUT2D eigenvalue weighted by atomic mass is 16.5. The SMILES string of the molecule is C=CCOCCCCC(O)Cc1ccccc1CO. The first-order chi connectivity index (χ1) is 9.27. The fraction of sp³-hybridized carbons (Fsp3) is 0.500. The summed E-state index contributed by atoms with van der Waals surface area (Å²) in [6, 6.07) is 7.69. The molecule has 1 unspecified atom stereocenters. The molecule has 2 N–H and O–H groups in total. The molecule has 0 aliphatic carbocycles. The van der Waals surface area contributed by atoms with Crippen molar-refractivity contribution in [3.63, 3.8) is 0 Å². The highest BCUT2D eigenvalue weighted by molar-refractivity contribution is 5.26. The smallest absolute Gasteiger partial charge is 0.0684 e. The van der Waals surface area contributed by atoms with Gasteiger partial charge in [-0.3, -0.25) is 0 Å². The van der Waals surface area contributed by atoms with Crippen molar-refractivity contribution in [1.29, 1.82) is 0 Å². The quantitative estimate of drug-likeness (QED) is 0.504. The van der Waals surface area contributed by atoms with Gasteiger partial charge in [0.1, 0.15) is 0 Å². The topological polar surface area (TPSA) is 49.7 Å². The molecule has 0 spiro atoms. The molecule has 0 radical (unpaired) electrons. The number of rotatable bonds is 10. The lowest BCUT2D eigenvalue weighted by Crippen LogP contribution is -2.12. The van der Waals surface area contributed by atoms with Crippen molar-refractivity contribution in [2.24, 2.45) is 0 Å².